The highest BCUT2D eigenvalue weighted by Crippen LogP contribution is 2.17. The normalized spacial score (nSPS) is 12.2. The first kappa shape index (κ1) is 17.3. The van der Waals surface area contributed by atoms with E-state index in [2.05, 4.69) is 42.7 Å². The van der Waals surface area contributed by atoms with Gasteiger partial charge in [-0.3, -0.25) is 4.98 Å². The highest BCUT2D eigenvalue weighted by atomic mass is 16.4. The Morgan fingerprint density at radius 2 is 1.76 bits per heavy atom. The van der Waals surface area contributed by atoms with Gasteiger partial charge in [-0.1, -0.05) is 32.9 Å². The third kappa shape index (κ3) is 6.02. The summed E-state index contributed by atoms with van der Waals surface area (Å²) in [6.07, 6.45) is 4.11. The average Bonchev–Trinajstić information content (AvgIpc) is 2.46. The van der Waals surface area contributed by atoms with Crippen molar-refractivity contribution in [3.63, 3.8) is 0 Å². The van der Waals surface area contributed by atoms with Crippen LogP contribution in [-0.2, 0) is 0 Å². The van der Waals surface area contributed by atoms with Crippen molar-refractivity contribution in [3.8, 4) is 0 Å². The largest absolute Gasteiger partial charge is 0.409 e. The number of hydrogen-bond acceptors (Lipinski definition) is 4. The van der Waals surface area contributed by atoms with Gasteiger partial charge in [-0.25, -0.2) is 0 Å². The Labute approximate surface area is 127 Å². The van der Waals surface area contributed by atoms with Gasteiger partial charge in [0.05, 0.1) is 11.9 Å². The summed E-state index contributed by atoms with van der Waals surface area (Å²) in [7, 11) is 0. The molecule has 0 aliphatic rings. The molecule has 0 aromatic carbocycles. The predicted octanol–water partition coefficient (Wildman–Crippen LogP) is 3.07. The first-order chi connectivity index (χ1) is 9.93. The quantitative estimate of drug-likeness (QED) is 0.334. The Hall–Kier alpha value is -1.78. The minimum Gasteiger partial charge on any atom is -0.409 e. The van der Waals surface area contributed by atoms with Crippen LogP contribution in [0.2, 0.25) is 0 Å². The SMILES string of the molecule is CC(C)CCN(CCC(C)C)c1ccc(/C(N)=N/O)nc1. The summed E-state index contributed by atoms with van der Waals surface area (Å²) in [4.78, 5) is 6.63. The minimum atomic E-state index is 0.0393. The number of oxime groups is 1. The van der Waals surface area contributed by atoms with E-state index in [1.165, 1.54) is 0 Å². The second-order valence-corrected chi connectivity index (χ2v) is 6.24. The Bertz CT molecular complexity index is 428. The molecular weight excluding hydrogens is 264 g/mol. The monoisotopic (exact) mass is 292 g/mol. The zero-order valence-electron chi connectivity index (χ0n) is 13.6. The van der Waals surface area contributed by atoms with Crippen molar-refractivity contribution in [2.24, 2.45) is 22.7 Å². The summed E-state index contributed by atoms with van der Waals surface area (Å²) >= 11 is 0. The van der Waals surface area contributed by atoms with Gasteiger partial charge in [-0.05, 0) is 36.8 Å². The summed E-state index contributed by atoms with van der Waals surface area (Å²) in [6.45, 7) is 11.0. The number of hydrogen-bond donors (Lipinski definition) is 2. The van der Waals surface area contributed by atoms with Gasteiger partial charge >= 0.3 is 0 Å². The second-order valence-electron chi connectivity index (χ2n) is 6.24. The third-order valence-corrected chi connectivity index (χ3v) is 3.44. The fourth-order valence-corrected chi connectivity index (χ4v) is 1.97. The van der Waals surface area contributed by atoms with E-state index in [-0.39, 0.29) is 5.84 Å². The number of rotatable bonds is 8. The van der Waals surface area contributed by atoms with Gasteiger partial charge in [-0.15, -0.1) is 0 Å². The molecule has 0 saturated carbocycles. The molecule has 0 spiro atoms. The van der Waals surface area contributed by atoms with Crippen molar-refractivity contribution in [3.05, 3.63) is 24.0 Å². The van der Waals surface area contributed by atoms with E-state index in [1.54, 1.807) is 12.3 Å². The van der Waals surface area contributed by atoms with Crippen LogP contribution in [-0.4, -0.2) is 29.1 Å². The maximum absolute atomic E-state index is 8.67. The number of pyridine rings is 1. The van der Waals surface area contributed by atoms with Gasteiger partial charge < -0.3 is 15.8 Å². The summed E-state index contributed by atoms with van der Waals surface area (Å²) < 4.78 is 0. The van der Waals surface area contributed by atoms with Crippen molar-refractivity contribution in [1.29, 1.82) is 0 Å². The van der Waals surface area contributed by atoms with Gasteiger partial charge in [0.2, 0.25) is 0 Å². The van der Waals surface area contributed by atoms with Crippen molar-refractivity contribution in [1.82, 2.24) is 4.98 Å². The van der Waals surface area contributed by atoms with Crippen LogP contribution in [0.1, 0.15) is 46.2 Å². The molecule has 0 radical (unpaired) electrons. The fourth-order valence-electron chi connectivity index (χ4n) is 1.97. The highest BCUT2D eigenvalue weighted by Gasteiger charge is 2.10. The highest BCUT2D eigenvalue weighted by molar-refractivity contribution is 5.95. The summed E-state index contributed by atoms with van der Waals surface area (Å²) in [6, 6.07) is 3.78. The molecule has 5 nitrogen and oxygen atoms in total. The van der Waals surface area contributed by atoms with Gasteiger partial charge in [0.1, 0.15) is 5.69 Å². The number of nitrogens with two attached hydrogens (primary N) is 1. The lowest BCUT2D eigenvalue weighted by Crippen LogP contribution is -2.28. The molecule has 118 valence electrons. The van der Waals surface area contributed by atoms with E-state index in [9.17, 15) is 0 Å². The first-order valence-electron chi connectivity index (χ1n) is 7.63. The Morgan fingerprint density at radius 1 is 1.19 bits per heavy atom. The molecule has 3 N–H and O–H groups in total. The van der Waals surface area contributed by atoms with Crippen LogP contribution < -0.4 is 10.6 Å². The molecule has 0 saturated heterocycles. The van der Waals surface area contributed by atoms with Crippen molar-refractivity contribution >= 4 is 11.5 Å². The van der Waals surface area contributed by atoms with Crippen molar-refractivity contribution in [2.45, 2.75) is 40.5 Å². The first-order valence-corrected chi connectivity index (χ1v) is 7.63. The smallest absolute Gasteiger partial charge is 0.188 e. The minimum absolute atomic E-state index is 0.0393. The average molecular weight is 292 g/mol. The second kappa shape index (κ2) is 8.49. The fraction of sp³-hybridized carbons (Fsp3) is 0.625. The van der Waals surface area contributed by atoms with Gasteiger partial charge in [0, 0.05) is 13.1 Å². The standard InChI is InChI=1S/C16H28N4O/c1-12(2)7-9-20(10-8-13(3)4)14-5-6-15(18-11-14)16(17)19-21/h5-6,11-13,21H,7-10H2,1-4H3,(H2,17,19). The maximum Gasteiger partial charge on any atom is 0.188 e. The van der Waals surface area contributed by atoms with Crippen LogP contribution in [0.3, 0.4) is 0 Å². The van der Waals surface area contributed by atoms with Crippen molar-refractivity contribution < 1.29 is 5.21 Å². The molecule has 0 fully saturated rings. The molecule has 0 unspecified atom stereocenters. The topological polar surface area (TPSA) is 74.7 Å². The molecule has 1 aromatic heterocycles. The van der Waals surface area contributed by atoms with Crippen LogP contribution >= 0.6 is 0 Å². The van der Waals surface area contributed by atoms with E-state index in [1.807, 2.05) is 6.07 Å². The maximum atomic E-state index is 8.67. The lowest BCUT2D eigenvalue weighted by Gasteiger charge is -2.26. The van der Waals surface area contributed by atoms with Crippen molar-refractivity contribution in [2.75, 3.05) is 18.0 Å². The van der Waals surface area contributed by atoms with Crippen LogP contribution in [0.15, 0.2) is 23.5 Å². The van der Waals surface area contributed by atoms with E-state index < -0.39 is 0 Å². The van der Waals surface area contributed by atoms with Crippen LogP contribution in [0.25, 0.3) is 0 Å². The number of aromatic nitrogens is 1. The molecule has 1 heterocycles. The molecule has 0 amide bonds. The Balaban J connectivity index is 2.80. The zero-order chi connectivity index (χ0) is 15.8. The number of nitrogens with zero attached hydrogens (tertiary/aromatic N) is 3. The van der Waals surface area contributed by atoms with Crippen LogP contribution in [0, 0.1) is 11.8 Å². The van der Waals surface area contributed by atoms with Gasteiger partial charge in [0.15, 0.2) is 5.84 Å². The van der Waals surface area contributed by atoms with Gasteiger partial charge in [0.25, 0.3) is 0 Å². The van der Waals surface area contributed by atoms with Crippen LogP contribution in [0.4, 0.5) is 5.69 Å². The summed E-state index contributed by atoms with van der Waals surface area (Å²) in [5.41, 5.74) is 7.12. The molecule has 0 aliphatic carbocycles. The van der Waals surface area contributed by atoms with Crippen LogP contribution in [0.5, 0.6) is 0 Å². The molecule has 0 atom stereocenters. The van der Waals surface area contributed by atoms with E-state index in [0.29, 0.717) is 17.5 Å². The van der Waals surface area contributed by atoms with Gasteiger partial charge in [-0.2, -0.15) is 0 Å². The molecular formula is C16H28N4O. The lowest BCUT2D eigenvalue weighted by atomic mass is 10.1. The number of amidine groups is 1. The lowest BCUT2D eigenvalue weighted by molar-refractivity contribution is 0.318. The van der Waals surface area contributed by atoms with E-state index >= 15 is 0 Å². The molecule has 1 rings (SSSR count). The Morgan fingerprint density at radius 3 is 2.14 bits per heavy atom. The molecule has 21 heavy (non-hydrogen) atoms. The molecule has 5 heteroatoms. The third-order valence-electron chi connectivity index (χ3n) is 3.44. The predicted molar refractivity (Wildman–Crippen MR) is 87.9 cm³/mol. The Kier molecular flexibility index (Phi) is 6.99. The summed E-state index contributed by atoms with van der Waals surface area (Å²) in [5.74, 6) is 1.39. The van der Waals surface area contributed by atoms with E-state index in [0.717, 1.165) is 31.6 Å². The molecule has 0 bridgehead atoms. The number of anilines is 1. The van der Waals surface area contributed by atoms with E-state index in [4.69, 9.17) is 10.9 Å². The molecule has 1 aromatic rings. The summed E-state index contributed by atoms with van der Waals surface area (Å²) in [5, 5.41) is 11.6. The molecule has 0 aliphatic heterocycles. The zero-order valence-corrected chi connectivity index (χ0v) is 13.6.